The Hall–Kier alpha value is -0.220. The van der Waals surface area contributed by atoms with Gasteiger partial charge in [0.1, 0.15) is 0 Å². The Balaban J connectivity index is 0.00000338. The minimum Gasteiger partial charge on any atom is -0.369 e. The fraction of sp³-hybridized carbons (Fsp3) is 0.889. The number of nitrogens with zero attached hydrogens (tertiary/aromatic N) is 3. The largest absolute Gasteiger partial charge is 0.369 e. The van der Waals surface area contributed by atoms with Crippen LogP contribution in [0.3, 0.4) is 0 Å². The van der Waals surface area contributed by atoms with Gasteiger partial charge >= 0.3 is 0 Å². The SMILES string of the molecule is CN=C(NCCCCN1CCC(C(N)=O)CC1)N1CCSC(C)(C)C1.I. The first kappa shape index (κ1) is 23.8. The van der Waals surface area contributed by atoms with E-state index in [1.165, 1.54) is 6.42 Å². The molecule has 0 aliphatic carbocycles. The molecule has 0 aromatic rings. The van der Waals surface area contributed by atoms with Gasteiger partial charge in [-0.1, -0.05) is 0 Å². The number of guanidine groups is 1. The van der Waals surface area contributed by atoms with E-state index in [-0.39, 0.29) is 35.8 Å². The molecule has 2 saturated heterocycles. The molecular weight excluding hydrogens is 461 g/mol. The van der Waals surface area contributed by atoms with Crippen molar-refractivity contribution in [1.82, 2.24) is 15.1 Å². The van der Waals surface area contributed by atoms with Crippen LogP contribution in [0.5, 0.6) is 0 Å². The summed E-state index contributed by atoms with van der Waals surface area (Å²) in [7, 11) is 1.87. The summed E-state index contributed by atoms with van der Waals surface area (Å²) in [5, 5.41) is 3.52. The molecule has 2 aliphatic rings. The van der Waals surface area contributed by atoms with E-state index in [0.717, 1.165) is 70.2 Å². The van der Waals surface area contributed by atoms with Crippen LogP contribution in [-0.4, -0.2) is 78.5 Å². The summed E-state index contributed by atoms with van der Waals surface area (Å²) in [5.74, 6) is 2.16. The van der Waals surface area contributed by atoms with Crippen molar-refractivity contribution in [2.24, 2.45) is 16.6 Å². The van der Waals surface area contributed by atoms with Crippen molar-refractivity contribution in [1.29, 1.82) is 0 Å². The number of amides is 1. The number of nitrogens with two attached hydrogens (primary N) is 1. The number of nitrogens with one attached hydrogen (secondary N) is 1. The molecule has 152 valence electrons. The Morgan fingerprint density at radius 2 is 1.96 bits per heavy atom. The molecule has 1 amide bonds. The maximum atomic E-state index is 11.2. The lowest BCUT2D eigenvalue weighted by Gasteiger charge is -2.39. The third-order valence-electron chi connectivity index (χ3n) is 5.11. The Morgan fingerprint density at radius 1 is 1.27 bits per heavy atom. The van der Waals surface area contributed by atoms with Crippen LogP contribution >= 0.6 is 35.7 Å². The van der Waals surface area contributed by atoms with E-state index in [2.05, 4.69) is 34.0 Å². The molecule has 2 heterocycles. The van der Waals surface area contributed by atoms with Gasteiger partial charge in [-0.05, 0) is 59.2 Å². The zero-order chi connectivity index (χ0) is 18.3. The molecule has 0 atom stereocenters. The maximum Gasteiger partial charge on any atom is 0.220 e. The van der Waals surface area contributed by atoms with Crippen LogP contribution in [0.2, 0.25) is 0 Å². The van der Waals surface area contributed by atoms with Gasteiger partial charge in [0.25, 0.3) is 0 Å². The number of unbranched alkanes of at least 4 members (excludes halogenated alkanes) is 1. The van der Waals surface area contributed by atoms with E-state index in [0.29, 0.717) is 4.75 Å². The first-order valence-corrected chi connectivity index (χ1v) is 10.5. The van der Waals surface area contributed by atoms with Gasteiger partial charge < -0.3 is 20.9 Å². The first-order chi connectivity index (χ1) is 11.9. The van der Waals surface area contributed by atoms with Gasteiger partial charge in [-0.15, -0.1) is 24.0 Å². The van der Waals surface area contributed by atoms with Crippen molar-refractivity contribution in [3.8, 4) is 0 Å². The van der Waals surface area contributed by atoms with E-state index in [4.69, 9.17) is 5.73 Å². The van der Waals surface area contributed by atoms with Gasteiger partial charge in [0, 0.05) is 43.1 Å². The number of carbonyl (C=O) groups is 1. The summed E-state index contributed by atoms with van der Waals surface area (Å²) in [6, 6.07) is 0. The second kappa shape index (κ2) is 11.6. The third kappa shape index (κ3) is 7.80. The second-order valence-electron chi connectivity index (χ2n) is 7.73. The van der Waals surface area contributed by atoms with Gasteiger partial charge in [0.05, 0.1) is 0 Å². The predicted molar refractivity (Wildman–Crippen MR) is 122 cm³/mol. The quantitative estimate of drug-likeness (QED) is 0.254. The van der Waals surface area contributed by atoms with Gasteiger partial charge in [-0.25, -0.2) is 0 Å². The lowest BCUT2D eigenvalue weighted by molar-refractivity contribution is -0.123. The van der Waals surface area contributed by atoms with Gasteiger partial charge in [0.15, 0.2) is 5.96 Å². The molecule has 3 N–H and O–H groups in total. The molecule has 0 saturated carbocycles. The lowest BCUT2D eigenvalue weighted by Crippen LogP contribution is -2.51. The number of thioether (sulfide) groups is 1. The molecule has 0 spiro atoms. The van der Waals surface area contributed by atoms with Gasteiger partial charge in [0.2, 0.25) is 5.91 Å². The van der Waals surface area contributed by atoms with Crippen molar-refractivity contribution in [3.05, 3.63) is 0 Å². The number of likely N-dealkylation sites (tertiary alicyclic amines) is 1. The van der Waals surface area contributed by atoms with Crippen molar-refractivity contribution in [2.45, 2.75) is 44.3 Å². The van der Waals surface area contributed by atoms with Crippen molar-refractivity contribution >= 4 is 47.6 Å². The van der Waals surface area contributed by atoms with E-state index >= 15 is 0 Å². The van der Waals surface area contributed by atoms with E-state index in [9.17, 15) is 4.79 Å². The highest BCUT2D eigenvalue weighted by molar-refractivity contribution is 14.0. The highest BCUT2D eigenvalue weighted by atomic mass is 127. The minimum atomic E-state index is -0.130. The van der Waals surface area contributed by atoms with Crippen LogP contribution in [0.15, 0.2) is 4.99 Å². The number of hydrogen-bond donors (Lipinski definition) is 2. The summed E-state index contributed by atoms with van der Waals surface area (Å²) in [6.45, 7) is 10.8. The number of primary amides is 1. The number of halogens is 1. The molecule has 8 heteroatoms. The molecule has 0 aromatic carbocycles. The molecule has 0 bridgehead atoms. The highest BCUT2D eigenvalue weighted by Gasteiger charge is 2.28. The molecule has 2 rings (SSSR count). The van der Waals surface area contributed by atoms with Crippen LogP contribution in [-0.2, 0) is 4.79 Å². The van der Waals surface area contributed by atoms with Crippen LogP contribution in [0.1, 0.15) is 39.5 Å². The number of carbonyl (C=O) groups excluding carboxylic acids is 1. The lowest BCUT2D eigenvalue weighted by atomic mass is 9.96. The van der Waals surface area contributed by atoms with Crippen molar-refractivity contribution in [3.63, 3.8) is 0 Å². The zero-order valence-corrected chi connectivity index (χ0v) is 19.6. The maximum absolute atomic E-state index is 11.2. The van der Waals surface area contributed by atoms with Crippen LogP contribution in [0.4, 0.5) is 0 Å². The van der Waals surface area contributed by atoms with E-state index in [1.54, 1.807) is 0 Å². The first-order valence-electron chi connectivity index (χ1n) is 9.52. The topological polar surface area (TPSA) is 74.0 Å². The summed E-state index contributed by atoms with van der Waals surface area (Å²) in [4.78, 5) is 20.5. The smallest absolute Gasteiger partial charge is 0.220 e. The van der Waals surface area contributed by atoms with Crippen molar-refractivity contribution < 1.29 is 4.79 Å². The summed E-state index contributed by atoms with van der Waals surface area (Å²) in [6.07, 6.45) is 4.15. The Kier molecular flexibility index (Phi) is 10.6. The molecular formula is C18H36IN5OS. The molecule has 0 radical (unpaired) electrons. The van der Waals surface area contributed by atoms with Crippen LogP contribution < -0.4 is 11.1 Å². The Labute approximate surface area is 180 Å². The molecule has 2 aliphatic heterocycles. The molecule has 6 nitrogen and oxygen atoms in total. The third-order valence-corrected chi connectivity index (χ3v) is 6.41. The Bertz CT molecular complexity index is 466. The second-order valence-corrected chi connectivity index (χ2v) is 9.53. The Morgan fingerprint density at radius 3 is 2.54 bits per heavy atom. The van der Waals surface area contributed by atoms with Gasteiger partial charge in [-0.2, -0.15) is 11.8 Å². The molecule has 26 heavy (non-hydrogen) atoms. The van der Waals surface area contributed by atoms with Crippen LogP contribution in [0, 0.1) is 5.92 Å². The predicted octanol–water partition coefficient (Wildman–Crippen LogP) is 1.98. The highest BCUT2D eigenvalue weighted by Crippen LogP contribution is 2.29. The van der Waals surface area contributed by atoms with E-state index in [1.807, 2.05) is 18.8 Å². The van der Waals surface area contributed by atoms with E-state index < -0.39 is 0 Å². The number of hydrogen-bond acceptors (Lipinski definition) is 4. The average molecular weight is 497 g/mol. The standard InChI is InChI=1S/C18H35N5OS.HI/c1-18(2)14-23(12-13-25-18)17(20-3)21-8-4-5-9-22-10-6-15(7-11-22)16(19)24;/h15H,4-14H2,1-3H3,(H2,19,24)(H,20,21);1H. The van der Waals surface area contributed by atoms with Crippen molar-refractivity contribution in [2.75, 3.05) is 52.1 Å². The normalized spacial score (nSPS) is 22.0. The molecule has 0 aromatic heterocycles. The number of piperidine rings is 1. The fourth-order valence-corrected chi connectivity index (χ4v) is 4.74. The number of aliphatic imine (C=N–C) groups is 1. The van der Waals surface area contributed by atoms with Gasteiger partial charge in [-0.3, -0.25) is 9.79 Å². The summed E-state index contributed by atoms with van der Waals surface area (Å²) >= 11 is 2.04. The number of rotatable bonds is 6. The van der Waals surface area contributed by atoms with Crippen LogP contribution in [0.25, 0.3) is 0 Å². The summed E-state index contributed by atoms with van der Waals surface area (Å²) < 4.78 is 0.299. The minimum absolute atomic E-state index is 0. The molecule has 0 unspecified atom stereocenters. The molecule has 2 fully saturated rings. The average Bonchev–Trinajstić information content (AvgIpc) is 2.57. The summed E-state index contributed by atoms with van der Waals surface area (Å²) in [5.41, 5.74) is 5.39. The zero-order valence-electron chi connectivity index (χ0n) is 16.5. The monoisotopic (exact) mass is 497 g/mol. The fourth-order valence-electron chi connectivity index (χ4n) is 3.63.